The molecular formula is C42H81O8P. The summed E-state index contributed by atoms with van der Waals surface area (Å²) in [7, 11) is -4.75. The van der Waals surface area contributed by atoms with E-state index < -0.39 is 32.5 Å². The quantitative estimate of drug-likeness (QED) is 0.0275. The first-order valence-corrected chi connectivity index (χ1v) is 23.0. The molecule has 0 aromatic heterocycles. The molecule has 0 rings (SSSR count). The van der Waals surface area contributed by atoms with Crippen LogP contribution in [0.25, 0.3) is 0 Å². The van der Waals surface area contributed by atoms with Gasteiger partial charge in [0.05, 0.1) is 6.61 Å². The molecule has 0 heterocycles. The first-order valence-electron chi connectivity index (χ1n) is 21.5. The average Bonchev–Trinajstić information content (AvgIpc) is 3.10. The summed E-state index contributed by atoms with van der Waals surface area (Å²) in [5.41, 5.74) is 0. The lowest BCUT2D eigenvalue weighted by molar-refractivity contribution is -0.161. The summed E-state index contributed by atoms with van der Waals surface area (Å²) < 4.78 is 26.4. The molecule has 51 heavy (non-hydrogen) atoms. The van der Waals surface area contributed by atoms with Crippen molar-refractivity contribution >= 4 is 19.8 Å². The van der Waals surface area contributed by atoms with Crippen molar-refractivity contribution in [1.82, 2.24) is 0 Å². The van der Waals surface area contributed by atoms with E-state index in [1.807, 2.05) is 0 Å². The van der Waals surface area contributed by atoms with Crippen molar-refractivity contribution < 1.29 is 37.9 Å². The van der Waals surface area contributed by atoms with Crippen LogP contribution in [0.2, 0.25) is 0 Å². The maximum atomic E-state index is 12.4. The highest BCUT2D eigenvalue weighted by Crippen LogP contribution is 2.36. The minimum atomic E-state index is -4.75. The Bertz CT molecular complexity index is 843. The number of carbonyl (C=O) groups excluding carboxylic acids is 2. The third kappa shape index (κ3) is 41.4. The Morgan fingerprint density at radius 3 is 1.20 bits per heavy atom. The fraction of sp³-hybridized carbons (Fsp3) is 0.905. The number of ether oxygens (including phenoxy) is 2. The van der Waals surface area contributed by atoms with Crippen LogP contribution in [0, 0.1) is 0 Å². The van der Waals surface area contributed by atoms with Crippen molar-refractivity contribution in [3.63, 3.8) is 0 Å². The summed E-state index contributed by atoms with van der Waals surface area (Å²) in [5.74, 6) is -0.882. The Morgan fingerprint density at radius 1 is 0.490 bits per heavy atom. The van der Waals surface area contributed by atoms with Crippen LogP contribution in [-0.4, -0.2) is 41.0 Å². The lowest BCUT2D eigenvalue weighted by Gasteiger charge is -2.18. The Balaban J connectivity index is 3.87. The molecule has 0 amide bonds. The van der Waals surface area contributed by atoms with E-state index >= 15 is 0 Å². The van der Waals surface area contributed by atoms with Gasteiger partial charge in [0.25, 0.3) is 0 Å². The molecule has 0 unspecified atom stereocenters. The van der Waals surface area contributed by atoms with Crippen LogP contribution in [0.3, 0.4) is 0 Å². The highest BCUT2D eigenvalue weighted by atomic mass is 31.2. The van der Waals surface area contributed by atoms with Gasteiger partial charge in [-0.1, -0.05) is 187 Å². The van der Waals surface area contributed by atoms with Crippen molar-refractivity contribution in [1.29, 1.82) is 0 Å². The highest BCUT2D eigenvalue weighted by molar-refractivity contribution is 7.46. The first kappa shape index (κ1) is 49.8. The molecule has 0 fully saturated rings. The molecule has 0 aliphatic heterocycles. The van der Waals surface area contributed by atoms with Gasteiger partial charge in [0, 0.05) is 12.8 Å². The summed E-state index contributed by atoms with van der Waals surface area (Å²) in [5, 5.41) is 0. The number of esters is 2. The van der Waals surface area contributed by atoms with Crippen LogP contribution < -0.4 is 0 Å². The Kier molecular flexibility index (Phi) is 37.6. The van der Waals surface area contributed by atoms with Crippen LogP contribution >= 0.6 is 7.82 Å². The second kappa shape index (κ2) is 38.5. The minimum Gasteiger partial charge on any atom is -0.462 e. The van der Waals surface area contributed by atoms with Gasteiger partial charge >= 0.3 is 19.8 Å². The van der Waals surface area contributed by atoms with Gasteiger partial charge in [-0.3, -0.25) is 14.1 Å². The van der Waals surface area contributed by atoms with Crippen molar-refractivity contribution in [2.45, 2.75) is 232 Å². The second-order valence-corrected chi connectivity index (χ2v) is 15.9. The SMILES string of the molecule is CCCCCCCC/C=C/CCCCCCCC(=O)OC[C@H](COP(=O)(O)O)OC(=O)CCCCCCCCCCCCCCCCCCCC. The molecule has 0 aromatic carbocycles. The molecule has 1 atom stereocenters. The van der Waals surface area contributed by atoms with Gasteiger partial charge in [-0.05, 0) is 38.5 Å². The molecule has 9 heteroatoms. The molecule has 0 radical (unpaired) electrons. The van der Waals surface area contributed by atoms with Crippen LogP contribution in [0.4, 0.5) is 0 Å². The minimum absolute atomic E-state index is 0.216. The van der Waals surface area contributed by atoms with Crippen LogP contribution in [0.15, 0.2) is 12.2 Å². The van der Waals surface area contributed by atoms with E-state index in [0.717, 1.165) is 51.4 Å². The normalized spacial score (nSPS) is 12.5. The molecule has 0 aliphatic carbocycles. The van der Waals surface area contributed by atoms with Gasteiger partial charge in [0.15, 0.2) is 6.10 Å². The summed E-state index contributed by atoms with van der Waals surface area (Å²) in [4.78, 5) is 42.8. The Morgan fingerprint density at radius 2 is 0.824 bits per heavy atom. The predicted octanol–water partition coefficient (Wildman–Crippen LogP) is 13.0. The fourth-order valence-corrected chi connectivity index (χ4v) is 6.67. The van der Waals surface area contributed by atoms with Gasteiger partial charge < -0.3 is 19.3 Å². The van der Waals surface area contributed by atoms with Gasteiger partial charge in [-0.25, -0.2) is 4.57 Å². The van der Waals surface area contributed by atoms with E-state index in [1.165, 1.54) is 141 Å². The third-order valence-electron chi connectivity index (χ3n) is 9.53. The second-order valence-electron chi connectivity index (χ2n) is 14.7. The number of unbranched alkanes of at least 4 members (excludes halogenated alkanes) is 28. The third-order valence-corrected chi connectivity index (χ3v) is 10.0. The van der Waals surface area contributed by atoms with Crippen molar-refractivity contribution in [3.05, 3.63) is 12.2 Å². The number of rotatable bonds is 40. The predicted molar refractivity (Wildman–Crippen MR) is 212 cm³/mol. The molecule has 0 saturated heterocycles. The van der Waals surface area contributed by atoms with Crippen molar-refractivity contribution in [3.8, 4) is 0 Å². The number of phosphoric acid groups is 1. The lowest BCUT2D eigenvalue weighted by Crippen LogP contribution is -2.29. The largest absolute Gasteiger partial charge is 0.469 e. The number of hydrogen-bond acceptors (Lipinski definition) is 6. The number of carbonyl (C=O) groups is 2. The first-order chi connectivity index (χ1) is 24.8. The molecule has 8 nitrogen and oxygen atoms in total. The summed E-state index contributed by atoms with van der Waals surface area (Å²) in [6.07, 6.45) is 42.2. The summed E-state index contributed by atoms with van der Waals surface area (Å²) >= 11 is 0. The summed E-state index contributed by atoms with van der Waals surface area (Å²) in [6.45, 7) is 3.70. The van der Waals surface area contributed by atoms with Gasteiger partial charge in [0.1, 0.15) is 6.61 Å². The molecule has 0 saturated carbocycles. The fourth-order valence-electron chi connectivity index (χ4n) is 6.31. The van der Waals surface area contributed by atoms with E-state index in [2.05, 4.69) is 30.5 Å². The van der Waals surface area contributed by atoms with E-state index in [-0.39, 0.29) is 19.4 Å². The Hall–Kier alpha value is -1.21. The summed E-state index contributed by atoms with van der Waals surface area (Å²) in [6, 6.07) is 0. The zero-order valence-corrected chi connectivity index (χ0v) is 34.2. The molecule has 0 aliphatic rings. The lowest BCUT2D eigenvalue weighted by atomic mass is 10.0. The smallest absolute Gasteiger partial charge is 0.462 e. The van der Waals surface area contributed by atoms with Gasteiger partial charge in [-0.15, -0.1) is 0 Å². The standard InChI is InChI=1S/C42H81O8P/c1-3-5-7-9-11-13-15-17-19-20-21-23-25-27-29-31-33-35-37-42(44)50-40(39-49-51(45,46)47)38-48-41(43)36-34-32-30-28-26-24-22-18-16-14-12-10-8-6-4-2/h18,22,40H,3-17,19-21,23-39H2,1-2H3,(H2,45,46,47)/b22-18+/t40-/m1/s1. The molecule has 0 bridgehead atoms. The number of allylic oxidation sites excluding steroid dienone is 2. The van der Waals surface area contributed by atoms with E-state index in [9.17, 15) is 14.2 Å². The molecular weight excluding hydrogens is 663 g/mol. The maximum Gasteiger partial charge on any atom is 0.469 e. The van der Waals surface area contributed by atoms with Crippen LogP contribution in [0.1, 0.15) is 226 Å². The van der Waals surface area contributed by atoms with Crippen molar-refractivity contribution in [2.75, 3.05) is 13.2 Å². The number of phosphoric ester groups is 1. The van der Waals surface area contributed by atoms with E-state index in [0.29, 0.717) is 6.42 Å². The zero-order chi connectivity index (χ0) is 37.5. The van der Waals surface area contributed by atoms with Crippen LogP contribution in [0.5, 0.6) is 0 Å². The Labute approximate surface area is 314 Å². The molecule has 0 aromatic rings. The maximum absolute atomic E-state index is 12.4. The number of hydrogen-bond donors (Lipinski definition) is 2. The van der Waals surface area contributed by atoms with Gasteiger partial charge in [-0.2, -0.15) is 0 Å². The van der Waals surface area contributed by atoms with E-state index in [4.69, 9.17) is 19.3 Å². The van der Waals surface area contributed by atoms with Crippen molar-refractivity contribution in [2.24, 2.45) is 0 Å². The van der Waals surface area contributed by atoms with Crippen LogP contribution in [-0.2, 0) is 28.2 Å². The zero-order valence-electron chi connectivity index (χ0n) is 33.3. The van der Waals surface area contributed by atoms with Gasteiger partial charge in [0.2, 0.25) is 0 Å². The average molecular weight is 745 g/mol. The molecule has 302 valence electrons. The molecule has 0 spiro atoms. The highest BCUT2D eigenvalue weighted by Gasteiger charge is 2.22. The molecule has 2 N–H and O–H groups in total. The topological polar surface area (TPSA) is 119 Å². The van der Waals surface area contributed by atoms with E-state index in [1.54, 1.807) is 0 Å². The monoisotopic (exact) mass is 745 g/mol.